The summed E-state index contributed by atoms with van der Waals surface area (Å²) in [7, 11) is 0. The molecule has 0 aromatic carbocycles. The van der Waals surface area contributed by atoms with Gasteiger partial charge < -0.3 is 15.2 Å². The number of anilines is 1. The van der Waals surface area contributed by atoms with Crippen LogP contribution in [-0.2, 0) is 15.8 Å². The summed E-state index contributed by atoms with van der Waals surface area (Å²) in [6.07, 6.45) is -3.77. The van der Waals surface area contributed by atoms with E-state index in [1.54, 1.807) is 20.8 Å². The van der Waals surface area contributed by atoms with Gasteiger partial charge in [0.25, 0.3) is 0 Å². The van der Waals surface area contributed by atoms with Crippen LogP contribution in [0, 0.1) is 5.41 Å². The van der Waals surface area contributed by atoms with Crippen LogP contribution in [0.5, 0.6) is 5.88 Å². The molecule has 1 aliphatic carbocycles. The fraction of sp³-hybridized carbons (Fsp3) is 0.588. The number of amides is 1. The third kappa shape index (κ3) is 5.98. The monoisotopic (exact) mass is 408 g/mol. The molecule has 1 heterocycles. The Morgan fingerprint density at radius 1 is 1.30 bits per heavy atom. The molecule has 10 heteroatoms. The molecule has 1 aliphatic rings. The Labute approximate surface area is 159 Å². The van der Waals surface area contributed by atoms with Crippen LogP contribution in [0.25, 0.3) is 0 Å². The van der Waals surface area contributed by atoms with Gasteiger partial charge in [-0.25, -0.2) is 0 Å². The maximum atomic E-state index is 13.2. The maximum absolute atomic E-state index is 13.2. The molecule has 1 amide bonds. The van der Waals surface area contributed by atoms with Crippen molar-refractivity contribution in [3.63, 3.8) is 0 Å². The minimum absolute atomic E-state index is 0.0756. The lowest BCUT2D eigenvalue weighted by Crippen LogP contribution is -2.26. The van der Waals surface area contributed by atoms with Gasteiger partial charge in [-0.2, -0.15) is 18.2 Å². The van der Waals surface area contributed by atoms with E-state index < -0.39 is 40.5 Å². The first-order chi connectivity index (χ1) is 12.2. The number of halogens is 4. The Hall–Kier alpha value is -2.03. The Morgan fingerprint density at radius 2 is 1.89 bits per heavy atom. The van der Waals surface area contributed by atoms with Crippen LogP contribution in [-0.4, -0.2) is 27.6 Å². The average Bonchev–Trinajstić information content (AvgIpc) is 3.17. The number of aromatic nitrogens is 1. The Bertz CT molecular complexity index is 756. The van der Waals surface area contributed by atoms with Crippen molar-refractivity contribution in [2.45, 2.75) is 58.2 Å². The predicted molar refractivity (Wildman–Crippen MR) is 91.8 cm³/mol. The first kappa shape index (κ1) is 21.3. The van der Waals surface area contributed by atoms with E-state index in [-0.39, 0.29) is 23.7 Å². The van der Waals surface area contributed by atoms with Gasteiger partial charge in [-0.3, -0.25) is 9.59 Å². The quantitative estimate of drug-likeness (QED) is 0.722. The van der Waals surface area contributed by atoms with E-state index in [0.29, 0.717) is 18.9 Å². The number of pyridine rings is 1. The van der Waals surface area contributed by atoms with Gasteiger partial charge in [0.15, 0.2) is 5.82 Å². The third-order valence-electron chi connectivity index (χ3n) is 3.93. The minimum atomic E-state index is -4.74. The number of ether oxygens (including phenoxy) is 1. The molecule has 150 valence electrons. The second-order valence-electron chi connectivity index (χ2n) is 7.68. The zero-order valence-electron chi connectivity index (χ0n) is 15.0. The third-order valence-corrected chi connectivity index (χ3v) is 4.21. The Morgan fingerprint density at radius 3 is 2.33 bits per heavy atom. The summed E-state index contributed by atoms with van der Waals surface area (Å²) in [6, 6.07) is 0.648. The van der Waals surface area contributed by atoms with Crippen molar-refractivity contribution < 1.29 is 32.6 Å². The number of hydrogen-bond donors (Lipinski definition) is 2. The Balaban J connectivity index is 2.25. The highest BCUT2D eigenvalue weighted by Gasteiger charge is 2.46. The van der Waals surface area contributed by atoms with Gasteiger partial charge in [0, 0.05) is 6.42 Å². The first-order valence-electron chi connectivity index (χ1n) is 8.19. The van der Waals surface area contributed by atoms with Crippen LogP contribution in [0.4, 0.5) is 19.0 Å². The largest absolute Gasteiger partial charge is 0.481 e. The fourth-order valence-corrected chi connectivity index (χ4v) is 2.76. The minimum Gasteiger partial charge on any atom is -0.481 e. The lowest BCUT2D eigenvalue weighted by molar-refractivity contribution is -0.140. The number of nitrogens with zero attached hydrogens (tertiary/aromatic N) is 1. The summed E-state index contributed by atoms with van der Waals surface area (Å²) in [5.74, 6) is -2.53. The van der Waals surface area contributed by atoms with Crippen molar-refractivity contribution in [2.24, 2.45) is 5.41 Å². The number of carboxylic acid groups (broad SMARTS) is 1. The van der Waals surface area contributed by atoms with Crippen LogP contribution in [0.15, 0.2) is 6.07 Å². The Kier molecular flexibility index (Phi) is 5.66. The number of alkyl halides is 3. The number of hydrogen-bond acceptors (Lipinski definition) is 4. The molecular formula is C17H20ClF3N2O4. The zero-order chi connectivity index (χ0) is 20.6. The van der Waals surface area contributed by atoms with Crippen LogP contribution >= 0.6 is 11.6 Å². The summed E-state index contributed by atoms with van der Waals surface area (Å²) >= 11 is 5.87. The standard InChI is InChI=1S/C17H20ClF3N2O4/c1-15(2,3)27-14-9(17(19,20)21)6-10(18)13(23-14)22-11(24)7-16(4-5-16)8-12(25)26/h6H,4-5,7-8H2,1-3H3,(H,25,26)(H,22,23,24). The molecule has 1 saturated carbocycles. The predicted octanol–water partition coefficient (Wildman–Crippen LogP) is 4.51. The number of carbonyl (C=O) groups excluding carboxylic acids is 1. The molecule has 0 atom stereocenters. The molecule has 1 aromatic heterocycles. The molecule has 1 fully saturated rings. The average molecular weight is 409 g/mol. The number of carboxylic acids is 1. The van der Waals surface area contributed by atoms with Gasteiger partial charge in [0.1, 0.15) is 11.2 Å². The maximum Gasteiger partial charge on any atom is 0.421 e. The lowest BCUT2D eigenvalue weighted by atomic mass is 9.98. The highest BCUT2D eigenvalue weighted by molar-refractivity contribution is 6.33. The van der Waals surface area contributed by atoms with Crippen LogP contribution < -0.4 is 10.1 Å². The number of aliphatic carboxylic acids is 1. The molecule has 1 aromatic rings. The van der Waals surface area contributed by atoms with E-state index >= 15 is 0 Å². The van der Waals surface area contributed by atoms with E-state index in [4.69, 9.17) is 21.4 Å². The van der Waals surface area contributed by atoms with E-state index in [2.05, 4.69) is 10.3 Å². The van der Waals surface area contributed by atoms with Crippen LogP contribution in [0.3, 0.4) is 0 Å². The van der Waals surface area contributed by atoms with Gasteiger partial charge in [-0.15, -0.1) is 0 Å². The molecule has 0 aliphatic heterocycles. The molecule has 0 bridgehead atoms. The molecule has 0 spiro atoms. The SMILES string of the molecule is CC(C)(C)Oc1nc(NC(=O)CC2(CC(=O)O)CC2)c(Cl)cc1C(F)(F)F. The number of nitrogens with one attached hydrogen (secondary N) is 1. The summed E-state index contributed by atoms with van der Waals surface area (Å²) < 4.78 is 45.0. The van der Waals surface area contributed by atoms with Crippen molar-refractivity contribution in [3.05, 3.63) is 16.7 Å². The van der Waals surface area contributed by atoms with Gasteiger partial charge >= 0.3 is 12.1 Å². The molecule has 0 unspecified atom stereocenters. The van der Waals surface area contributed by atoms with Crippen molar-refractivity contribution in [1.29, 1.82) is 0 Å². The van der Waals surface area contributed by atoms with Crippen LogP contribution in [0.2, 0.25) is 5.02 Å². The smallest absolute Gasteiger partial charge is 0.421 e. The summed E-state index contributed by atoms with van der Waals surface area (Å²) in [6.45, 7) is 4.68. The van der Waals surface area contributed by atoms with Gasteiger partial charge in [-0.1, -0.05) is 11.6 Å². The van der Waals surface area contributed by atoms with Crippen molar-refractivity contribution in [1.82, 2.24) is 4.98 Å². The van der Waals surface area contributed by atoms with Crippen molar-refractivity contribution in [2.75, 3.05) is 5.32 Å². The van der Waals surface area contributed by atoms with E-state index in [0.717, 1.165) is 0 Å². The van der Waals surface area contributed by atoms with Crippen molar-refractivity contribution in [3.8, 4) is 5.88 Å². The molecular weight excluding hydrogens is 389 g/mol. The van der Waals surface area contributed by atoms with E-state index in [9.17, 15) is 22.8 Å². The fourth-order valence-electron chi connectivity index (χ4n) is 2.56. The molecule has 2 rings (SSSR count). The van der Waals surface area contributed by atoms with E-state index in [1.807, 2.05) is 0 Å². The number of rotatable bonds is 6. The highest BCUT2D eigenvalue weighted by atomic mass is 35.5. The molecule has 6 nitrogen and oxygen atoms in total. The van der Waals surface area contributed by atoms with Gasteiger partial charge in [0.2, 0.25) is 11.8 Å². The summed E-state index contributed by atoms with van der Waals surface area (Å²) in [5, 5.41) is 10.9. The molecule has 27 heavy (non-hydrogen) atoms. The van der Waals surface area contributed by atoms with Crippen LogP contribution in [0.1, 0.15) is 52.0 Å². The van der Waals surface area contributed by atoms with E-state index in [1.165, 1.54) is 0 Å². The second-order valence-corrected chi connectivity index (χ2v) is 8.09. The second kappa shape index (κ2) is 7.18. The molecule has 0 radical (unpaired) electrons. The highest BCUT2D eigenvalue weighted by Crippen LogP contribution is 2.52. The molecule has 2 N–H and O–H groups in total. The molecule has 0 saturated heterocycles. The van der Waals surface area contributed by atoms with Gasteiger partial charge in [0.05, 0.1) is 11.4 Å². The summed E-state index contributed by atoms with van der Waals surface area (Å²) in [4.78, 5) is 26.8. The topological polar surface area (TPSA) is 88.5 Å². The normalized spacial score (nSPS) is 16.0. The van der Waals surface area contributed by atoms with Gasteiger partial charge in [-0.05, 0) is 45.1 Å². The first-order valence-corrected chi connectivity index (χ1v) is 8.57. The summed E-state index contributed by atoms with van der Waals surface area (Å²) in [5.41, 5.74) is -2.72. The van der Waals surface area contributed by atoms with Crippen molar-refractivity contribution >= 4 is 29.3 Å². The zero-order valence-corrected chi connectivity index (χ0v) is 15.8. The number of carbonyl (C=O) groups is 2. The lowest BCUT2D eigenvalue weighted by Gasteiger charge is -2.24.